The van der Waals surface area contributed by atoms with Crippen molar-refractivity contribution in [2.75, 3.05) is 13.1 Å². The lowest BCUT2D eigenvalue weighted by Gasteiger charge is -2.29. The van der Waals surface area contributed by atoms with Crippen molar-refractivity contribution >= 4 is 26.1 Å². The van der Waals surface area contributed by atoms with Crippen LogP contribution in [0.5, 0.6) is 0 Å². The summed E-state index contributed by atoms with van der Waals surface area (Å²) in [7, 11) is -3.30. The van der Waals surface area contributed by atoms with Crippen molar-refractivity contribution in [3.8, 4) is 0 Å². The largest absolute Gasteiger partial charge is 0.282 e. The van der Waals surface area contributed by atoms with Crippen molar-refractivity contribution in [2.24, 2.45) is 0 Å². The number of fused-ring (bicyclic) bond motifs is 1. The van der Waals surface area contributed by atoms with Crippen LogP contribution in [0, 0.1) is 0 Å². The first-order chi connectivity index (χ1) is 9.09. The molecule has 4 nitrogen and oxygen atoms in total. The van der Waals surface area contributed by atoms with Crippen LogP contribution < -0.4 is 0 Å². The Morgan fingerprint density at radius 2 is 1.74 bits per heavy atom. The lowest BCUT2D eigenvalue weighted by Crippen LogP contribution is -2.43. The first kappa shape index (κ1) is 13.5. The molecule has 2 aliphatic rings. The van der Waals surface area contributed by atoms with Crippen LogP contribution in [0.15, 0.2) is 22.7 Å². The van der Waals surface area contributed by atoms with Gasteiger partial charge in [-0.3, -0.25) is 0 Å². The van der Waals surface area contributed by atoms with Gasteiger partial charge in [0.2, 0.25) is 0 Å². The van der Waals surface area contributed by atoms with Crippen LogP contribution in [0.1, 0.15) is 30.4 Å². The molecule has 0 atom stereocenters. The van der Waals surface area contributed by atoms with Gasteiger partial charge in [-0.2, -0.15) is 17.0 Å². The van der Waals surface area contributed by atoms with Crippen molar-refractivity contribution in [1.82, 2.24) is 8.61 Å². The molecule has 1 fully saturated rings. The zero-order valence-corrected chi connectivity index (χ0v) is 13.1. The Morgan fingerprint density at radius 3 is 2.42 bits per heavy atom. The van der Waals surface area contributed by atoms with E-state index in [9.17, 15) is 8.42 Å². The molecule has 0 N–H and O–H groups in total. The fourth-order valence-electron chi connectivity index (χ4n) is 2.77. The molecular weight excluding hydrogens is 328 g/mol. The van der Waals surface area contributed by atoms with Crippen molar-refractivity contribution in [3.05, 3.63) is 33.8 Å². The Morgan fingerprint density at radius 1 is 1.00 bits per heavy atom. The maximum absolute atomic E-state index is 12.6. The summed E-state index contributed by atoms with van der Waals surface area (Å²) in [5.74, 6) is 0. The molecule has 19 heavy (non-hydrogen) atoms. The average Bonchev–Trinajstić information content (AvgIpc) is 2.86. The van der Waals surface area contributed by atoms with E-state index in [-0.39, 0.29) is 0 Å². The summed E-state index contributed by atoms with van der Waals surface area (Å²) in [6.45, 7) is 2.30. The van der Waals surface area contributed by atoms with Crippen LogP contribution in [-0.2, 0) is 23.3 Å². The van der Waals surface area contributed by atoms with E-state index in [2.05, 4.69) is 15.9 Å². The number of nitrogens with zero attached hydrogens (tertiary/aromatic N) is 2. The van der Waals surface area contributed by atoms with Gasteiger partial charge in [0.25, 0.3) is 10.2 Å². The second-order valence-electron chi connectivity index (χ2n) is 5.11. The Hall–Kier alpha value is -0.430. The van der Waals surface area contributed by atoms with Gasteiger partial charge in [0.05, 0.1) is 0 Å². The fraction of sp³-hybridized carbons (Fsp3) is 0.538. The summed E-state index contributed by atoms with van der Waals surface area (Å²) < 4.78 is 29.4. The van der Waals surface area contributed by atoms with Gasteiger partial charge in [-0.25, -0.2) is 0 Å². The third kappa shape index (κ3) is 2.46. The third-order valence-corrected chi connectivity index (χ3v) is 6.54. The minimum atomic E-state index is -3.30. The highest BCUT2D eigenvalue weighted by atomic mass is 79.9. The fourth-order valence-corrected chi connectivity index (χ4v) is 4.95. The van der Waals surface area contributed by atoms with Gasteiger partial charge >= 0.3 is 0 Å². The summed E-state index contributed by atoms with van der Waals surface area (Å²) in [4.78, 5) is 0. The van der Waals surface area contributed by atoms with Gasteiger partial charge < -0.3 is 0 Å². The van der Waals surface area contributed by atoms with Crippen molar-refractivity contribution < 1.29 is 8.42 Å². The molecule has 0 aromatic heterocycles. The van der Waals surface area contributed by atoms with Crippen LogP contribution >= 0.6 is 15.9 Å². The number of hydrogen-bond acceptors (Lipinski definition) is 2. The molecule has 1 aromatic carbocycles. The lowest BCUT2D eigenvalue weighted by atomic mass is 10.1. The molecule has 104 valence electrons. The predicted molar refractivity (Wildman–Crippen MR) is 77.7 cm³/mol. The SMILES string of the molecule is O=S(=O)(N1CCCCC1)N1Cc2cccc(Br)c2C1. The molecule has 1 aromatic rings. The highest BCUT2D eigenvalue weighted by molar-refractivity contribution is 9.10. The van der Waals surface area contributed by atoms with E-state index < -0.39 is 10.2 Å². The Labute approximate surface area is 122 Å². The summed E-state index contributed by atoms with van der Waals surface area (Å²) in [5.41, 5.74) is 2.21. The van der Waals surface area contributed by atoms with E-state index in [0.717, 1.165) is 34.9 Å². The molecular formula is C13H17BrN2O2S. The van der Waals surface area contributed by atoms with Crippen LogP contribution in [0.4, 0.5) is 0 Å². The van der Waals surface area contributed by atoms with Gasteiger partial charge in [0.1, 0.15) is 0 Å². The highest BCUT2D eigenvalue weighted by Crippen LogP contribution is 2.32. The topological polar surface area (TPSA) is 40.6 Å². The number of rotatable bonds is 2. The number of benzene rings is 1. The van der Waals surface area contributed by atoms with E-state index in [1.807, 2.05) is 18.2 Å². The predicted octanol–water partition coefficient (Wildman–Crippen LogP) is 2.50. The molecule has 2 heterocycles. The van der Waals surface area contributed by atoms with Crippen molar-refractivity contribution in [3.63, 3.8) is 0 Å². The summed E-state index contributed by atoms with van der Waals surface area (Å²) in [5, 5.41) is 0. The van der Waals surface area contributed by atoms with Crippen LogP contribution in [-0.4, -0.2) is 30.1 Å². The minimum absolute atomic E-state index is 0.482. The molecule has 6 heteroatoms. The van der Waals surface area contributed by atoms with Gasteiger partial charge in [-0.05, 0) is 30.0 Å². The van der Waals surface area contributed by atoms with Gasteiger partial charge in [-0.1, -0.05) is 34.5 Å². The molecule has 0 radical (unpaired) electrons. The van der Waals surface area contributed by atoms with Crippen molar-refractivity contribution in [1.29, 1.82) is 0 Å². The third-order valence-electron chi connectivity index (χ3n) is 3.86. The zero-order chi connectivity index (χ0) is 13.5. The summed E-state index contributed by atoms with van der Waals surface area (Å²) in [6.07, 6.45) is 3.09. The maximum Gasteiger partial charge on any atom is 0.282 e. The zero-order valence-electron chi connectivity index (χ0n) is 10.7. The van der Waals surface area contributed by atoms with E-state index in [1.165, 1.54) is 0 Å². The molecule has 3 rings (SSSR count). The van der Waals surface area contributed by atoms with E-state index in [1.54, 1.807) is 8.61 Å². The quantitative estimate of drug-likeness (QED) is 0.826. The second-order valence-corrected chi connectivity index (χ2v) is 7.90. The summed E-state index contributed by atoms with van der Waals surface area (Å²) in [6, 6.07) is 5.93. The van der Waals surface area contributed by atoms with Crippen molar-refractivity contribution in [2.45, 2.75) is 32.4 Å². The molecule has 2 aliphatic heterocycles. The number of piperidine rings is 1. The average molecular weight is 345 g/mol. The van der Waals surface area contributed by atoms with E-state index >= 15 is 0 Å². The first-order valence-corrected chi connectivity index (χ1v) is 8.79. The molecule has 0 aliphatic carbocycles. The second kappa shape index (κ2) is 5.16. The highest BCUT2D eigenvalue weighted by Gasteiger charge is 2.35. The smallest absolute Gasteiger partial charge is 0.195 e. The minimum Gasteiger partial charge on any atom is -0.195 e. The maximum atomic E-state index is 12.6. The molecule has 1 saturated heterocycles. The molecule has 0 bridgehead atoms. The van der Waals surface area contributed by atoms with Gasteiger partial charge in [0.15, 0.2) is 0 Å². The standard InChI is InChI=1S/C13H17BrN2O2S/c14-13-6-4-5-11-9-16(10-12(11)13)19(17,18)15-7-2-1-3-8-15/h4-6H,1-3,7-10H2. The number of hydrogen-bond donors (Lipinski definition) is 0. The first-order valence-electron chi connectivity index (χ1n) is 6.60. The lowest BCUT2D eigenvalue weighted by molar-refractivity contribution is 0.305. The van der Waals surface area contributed by atoms with E-state index in [0.29, 0.717) is 26.2 Å². The number of halogens is 1. The Balaban J connectivity index is 1.83. The van der Waals surface area contributed by atoms with E-state index in [4.69, 9.17) is 0 Å². The molecule has 0 saturated carbocycles. The van der Waals surface area contributed by atoms with Gasteiger partial charge in [-0.15, -0.1) is 0 Å². The van der Waals surface area contributed by atoms with Crippen LogP contribution in [0.25, 0.3) is 0 Å². The molecule has 0 unspecified atom stereocenters. The van der Waals surface area contributed by atoms with Gasteiger partial charge in [0, 0.05) is 30.7 Å². The molecule has 0 amide bonds. The summed E-state index contributed by atoms with van der Waals surface area (Å²) >= 11 is 3.50. The normalized spacial score (nSPS) is 21.5. The Bertz CT molecular complexity index is 582. The van der Waals surface area contributed by atoms with Crippen LogP contribution in [0.3, 0.4) is 0 Å². The molecule has 0 spiro atoms. The van der Waals surface area contributed by atoms with Crippen LogP contribution in [0.2, 0.25) is 0 Å². The monoisotopic (exact) mass is 344 g/mol. The Kier molecular flexibility index (Phi) is 3.68.